The molecule has 1 aromatic carbocycles. The summed E-state index contributed by atoms with van der Waals surface area (Å²) in [5.41, 5.74) is 0.862. The lowest BCUT2D eigenvalue weighted by molar-refractivity contribution is -0.127. The summed E-state index contributed by atoms with van der Waals surface area (Å²) < 4.78 is 1.85. The summed E-state index contributed by atoms with van der Waals surface area (Å²) >= 11 is 5.36. The van der Waals surface area contributed by atoms with Crippen molar-refractivity contribution < 1.29 is 9.59 Å². The normalized spacial score (nSPS) is 15.2. The van der Waals surface area contributed by atoms with Crippen molar-refractivity contribution >= 4 is 34.9 Å². The van der Waals surface area contributed by atoms with E-state index in [1.165, 1.54) is 4.57 Å². The average molecular weight is 403 g/mol. The number of carbonyl (C=O) groups is 2. The number of aromatic nitrogens is 2. The number of benzene rings is 1. The number of H-pyrrole nitrogens is 1. The second kappa shape index (κ2) is 8.68. The van der Waals surface area contributed by atoms with Crippen LogP contribution < -0.4 is 10.9 Å². The summed E-state index contributed by atoms with van der Waals surface area (Å²) in [5.74, 6) is 0.00856. The summed E-state index contributed by atoms with van der Waals surface area (Å²) in [7, 11) is 0. The quantitative estimate of drug-likeness (QED) is 0.697. The van der Waals surface area contributed by atoms with Crippen LogP contribution in [0.25, 0.3) is 10.9 Å². The summed E-state index contributed by atoms with van der Waals surface area (Å²) in [6, 6.07) is 5.06. The van der Waals surface area contributed by atoms with Crippen molar-refractivity contribution in [2.24, 2.45) is 0 Å². The number of rotatable bonds is 7. The van der Waals surface area contributed by atoms with Crippen molar-refractivity contribution in [2.75, 3.05) is 13.1 Å². The van der Waals surface area contributed by atoms with Crippen LogP contribution in [0.3, 0.4) is 0 Å². The van der Waals surface area contributed by atoms with Crippen LogP contribution in [0.4, 0.5) is 0 Å². The number of fused-ring (bicyclic) bond motifs is 1. The fourth-order valence-corrected chi connectivity index (χ4v) is 3.65. The predicted octanol–water partition coefficient (Wildman–Crippen LogP) is 2.60. The maximum Gasteiger partial charge on any atom is 0.262 e. The molecule has 28 heavy (non-hydrogen) atoms. The molecule has 0 saturated carbocycles. The van der Waals surface area contributed by atoms with Crippen LogP contribution in [0.2, 0.25) is 0 Å². The van der Waals surface area contributed by atoms with Crippen LogP contribution >= 0.6 is 12.2 Å². The van der Waals surface area contributed by atoms with E-state index in [0.29, 0.717) is 47.2 Å². The highest BCUT2D eigenvalue weighted by Crippen LogP contribution is 2.13. The highest BCUT2D eigenvalue weighted by molar-refractivity contribution is 7.71. The van der Waals surface area contributed by atoms with Crippen molar-refractivity contribution in [3.05, 3.63) is 38.9 Å². The van der Waals surface area contributed by atoms with Crippen molar-refractivity contribution in [1.29, 1.82) is 0 Å². The zero-order valence-electron chi connectivity index (χ0n) is 16.3. The van der Waals surface area contributed by atoms with E-state index in [2.05, 4.69) is 10.3 Å². The van der Waals surface area contributed by atoms with Gasteiger partial charge in [0, 0.05) is 37.7 Å². The van der Waals surface area contributed by atoms with Gasteiger partial charge in [0.05, 0.1) is 10.9 Å². The van der Waals surface area contributed by atoms with Gasteiger partial charge >= 0.3 is 0 Å². The van der Waals surface area contributed by atoms with E-state index >= 15 is 0 Å². The molecule has 2 amide bonds. The van der Waals surface area contributed by atoms with Gasteiger partial charge in [0.2, 0.25) is 5.91 Å². The first-order valence-electron chi connectivity index (χ1n) is 9.76. The smallest absolute Gasteiger partial charge is 0.262 e. The predicted molar refractivity (Wildman–Crippen MR) is 111 cm³/mol. The first-order chi connectivity index (χ1) is 13.4. The van der Waals surface area contributed by atoms with Gasteiger partial charge < -0.3 is 15.2 Å². The molecule has 7 nitrogen and oxygen atoms in total. The summed E-state index contributed by atoms with van der Waals surface area (Å²) in [4.78, 5) is 41.8. The SMILES string of the molecule is CC[C@H](C)NC(=O)c1ccc2c(=O)n(CCCN3CCCC3=O)c(=S)[nH]c2c1. The maximum atomic E-state index is 12.8. The summed E-state index contributed by atoms with van der Waals surface area (Å²) in [6.45, 7) is 5.82. The zero-order valence-corrected chi connectivity index (χ0v) is 17.1. The molecule has 3 rings (SSSR count). The highest BCUT2D eigenvalue weighted by Gasteiger charge is 2.19. The standard InChI is InChI=1S/C20H26N4O3S/c1-3-13(2)21-18(26)14-7-8-15-16(12-14)22-20(28)24(19(15)27)11-5-10-23-9-4-6-17(23)25/h7-8,12-13H,3-6,9-11H2,1-2H3,(H,21,26)(H,22,28)/t13-/m0/s1. The van der Waals surface area contributed by atoms with Crippen LogP contribution in [0, 0.1) is 4.77 Å². The summed E-state index contributed by atoms with van der Waals surface area (Å²) in [5, 5.41) is 3.41. The van der Waals surface area contributed by atoms with E-state index in [1.807, 2.05) is 18.7 Å². The van der Waals surface area contributed by atoms with Gasteiger partial charge in [-0.3, -0.25) is 19.0 Å². The molecule has 1 saturated heterocycles. The molecular weight excluding hydrogens is 376 g/mol. The van der Waals surface area contributed by atoms with Crippen LogP contribution in [0.5, 0.6) is 0 Å². The van der Waals surface area contributed by atoms with E-state index in [-0.39, 0.29) is 23.4 Å². The lowest BCUT2D eigenvalue weighted by Gasteiger charge is -2.16. The van der Waals surface area contributed by atoms with Gasteiger partial charge in [-0.15, -0.1) is 0 Å². The van der Waals surface area contributed by atoms with Crippen molar-refractivity contribution in [3.8, 4) is 0 Å². The van der Waals surface area contributed by atoms with Crippen LogP contribution in [0.1, 0.15) is 49.9 Å². The molecule has 0 aliphatic carbocycles. The Morgan fingerprint density at radius 3 is 2.79 bits per heavy atom. The molecule has 2 heterocycles. The van der Waals surface area contributed by atoms with Crippen LogP contribution in [-0.2, 0) is 11.3 Å². The maximum absolute atomic E-state index is 12.8. The number of hydrogen-bond donors (Lipinski definition) is 2. The van der Waals surface area contributed by atoms with E-state index in [4.69, 9.17) is 12.2 Å². The molecule has 1 aromatic heterocycles. The van der Waals surface area contributed by atoms with Gasteiger partial charge in [0.1, 0.15) is 0 Å². The van der Waals surface area contributed by atoms with Gasteiger partial charge in [-0.25, -0.2) is 0 Å². The largest absolute Gasteiger partial charge is 0.350 e. The molecule has 150 valence electrons. The molecule has 1 aliphatic rings. The van der Waals surface area contributed by atoms with Gasteiger partial charge in [-0.1, -0.05) is 6.92 Å². The Morgan fingerprint density at radius 1 is 1.32 bits per heavy atom. The van der Waals surface area contributed by atoms with E-state index in [9.17, 15) is 14.4 Å². The van der Waals surface area contributed by atoms with Gasteiger partial charge in [-0.2, -0.15) is 0 Å². The lowest BCUT2D eigenvalue weighted by Crippen LogP contribution is -2.32. The molecule has 8 heteroatoms. The molecule has 2 aromatic rings. The van der Waals surface area contributed by atoms with E-state index in [0.717, 1.165) is 19.4 Å². The van der Waals surface area contributed by atoms with Gasteiger partial charge in [0.15, 0.2) is 4.77 Å². The number of nitrogens with one attached hydrogen (secondary N) is 2. The molecule has 0 unspecified atom stereocenters. The lowest BCUT2D eigenvalue weighted by atomic mass is 10.1. The number of carbonyl (C=O) groups excluding carboxylic acids is 2. The third-order valence-electron chi connectivity index (χ3n) is 5.22. The van der Waals surface area contributed by atoms with E-state index < -0.39 is 0 Å². The monoisotopic (exact) mass is 402 g/mol. The summed E-state index contributed by atoms with van der Waals surface area (Å²) in [6.07, 6.45) is 3.03. The van der Waals surface area contributed by atoms with Gasteiger partial charge in [0.25, 0.3) is 11.5 Å². The molecule has 2 N–H and O–H groups in total. The second-order valence-electron chi connectivity index (χ2n) is 7.27. The first-order valence-corrected chi connectivity index (χ1v) is 10.2. The molecule has 1 aliphatic heterocycles. The number of hydrogen-bond acceptors (Lipinski definition) is 4. The Balaban J connectivity index is 1.79. The number of aromatic amines is 1. The minimum atomic E-state index is -0.180. The number of amides is 2. The Labute approximate surface area is 168 Å². The van der Waals surface area contributed by atoms with Crippen LogP contribution in [-0.4, -0.2) is 45.4 Å². The van der Waals surface area contributed by atoms with Gasteiger partial charge in [-0.05, 0) is 56.6 Å². The molecule has 1 fully saturated rings. The van der Waals surface area contributed by atoms with Crippen molar-refractivity contribution in [3.63, 3.8) is 0 Å². The Morgan fingerprint density at radius 2 is 2.11 bits per heavy atom. The zero-order chi connectivity index (χ0) is 20.3. The Kier molecular flexibility index (Phi) is 6.28. The Bertz CT molecular complexity index is 1010. The minimum Gasteiger partial charge on any atom is -0.350 e. The fourth-order valence-electron chi connectivity index (χ4n) is 3.37. The topological polar surface area (TPSA) is 87.2 Å². The Hall–Kier alpha value is -2.48. The highest BCUT2D eigenvalue weighted by atomic mass is 32.1. The number of nitrogens with zero attached hydrogens (tertiary/aromatic N) is 2. The fraction of sp³-hybridized carbons (Fsp3) is 0.500. The molecule has 0 radical (unpaired) electrons. The minimum absolute atomic E-state index is 0.0807. The number of likely N-dealkylation sites (tertiary alicyclic amines) is 1. The van der Waals surface area contributed by atoms with Crippen molar-refractivity contribution in [2.45, 2.75) is 52.1 Å². The second-order valence-corrected chi connectivity index (χ2v) is 7.65. The first kappa shape index (κ1) is 20.3. The van der Waals surface area contributed by atoms with Crippen LogP contribution in [0.15, 0.2) is 23.0 Å². The third kappa shape index (κ3) is 4.32. The van der Waals surface area contributed by atoms with E-state index in [1.54, 1.807) is 18.2 Å². The molecular formula is C20H26N4O3S. The third-order valence-corrected chi connectivity index (χ3v) is 5.54. The molecule has 0 bridgehead atoms. The average Bonchev–Trinajstić information content (AvgIpc) is 3.08. The molecule has 1 atom stereocenters. The molecule has 0 spiro atoms. The van der Waals surface area contributed by atoms with Crippen molar-refractivity contribution in [1.82, 2.24) is 19.8 Å².